The van der Waals surface area contributed by atoms with Gasteiger partial charge >= 0.3 is 0 Å². The van der Waals surface area contributed by atoms with Gasteiger partial charge in [0.1, 0.15) is 6.61 Å². The van der Waals surface area contributed by atoms with E-state index in [-0.39, 0.29) is 24.5 Å². The third kappa shape index (κ3) is 5.97. The standard InChI is InChI=1S/C23H28N2O5/c1-16-6-3-4-8-19(16)23(27)25-14-22(26)24-13-17-9-10-20(21(12-17)28-2)30-15-18-7-5-11-29-18/h3-4,6,8-10,12,18H,5,7,11,13-15H2,1-2H3,(H,24,26)(H,25,27). The van der Waals surface area contributed by atoms with E-state index >= 15 is 0 Å². The van der Waals surface area contributed by atoms with Gasteiger partial charge in [0.25, 0.3) is 5.91 Å². The number of aryl methyl sites for hydroxylation is 1. The highest BCUT2D eigenvalue weighted by molar-refractivity contribution is 5.97. The summed E-state index contributed by atoms with van der Waals surface area (Å²) < 4.78 is 16.8. The molecule has 1 saturated heterocycles. The van der Waals surface area contributed by atoms with Crippen LogP contribution >= 0.6 is 0 Å². The SMILES string of the molecule is COc1cc(CNC(=O)CNC(=O)c2ccccc2C)ccc1OCC1CCCO1. The van der Waals surface area contributed by atoms with Crippen molar-refractivity contribution in [2.45, 2.75) is 32.4 Å². The van der Waals surface area contributed by atoms with Gasteiger partial charge in [-0.15, -0.1) is 0 Å². The lowest BCUT2D eigenvalue weighted by Gasteiger charge is -2.15. The number of carbonyl (C=O) groups excluding carboxylic acids is 2. The van der Waals surface area contributed by atoms with Gasteiger partial charge in [0.05, 0.1) is 19.8 Å². The Bertz CT molecular complexity index is 878. The predicted octanol–water partition coefficient (Wildman–Crippen LogP) is 2.61. The van der Waals surface area contributed by atoms with E-state index in [2.05, 4.69) is 10.6 Å². The maximum Gasteiger partial charge on any atom is 0.251 e. The first-order valence-electron chi connectivity index (χ1n) is 10.1. The Hall–Kier alpha value is -3.06. The molecular formula is C23H28N2O5. The number of benzene rings is 2. The van der Waals surface area contributed by atoms with E-state index in [4.69, 9.17) is 14.2 Å². The molecule has 0 saturated carbocycles. The summed E-state index contributed by atoms with van der Waals surface area (Å²) in [6.45, 7) is 3.37. The molecule has 160 valence electrons. The van der Waals surface area contributed by atoms with Crippen molar-refractivity contribution >= 4 is 11.8 Å². The molecular weight excluding hydrogens is 384 g/mol. The first-order valence-corrected chi connectivity index (χ1v) is 10.1. The second-order valence-corrected chi connectivity index (χ2v) is 7.21. The molecule has 2 aromatic carbocycles. The van der Waals surface area contributed by atoms with Crippen LogP contribution in [0.3, 0.4) is 0 Å². The van der Waals surface area contributed by atoms with E-state index < -0.39 is 0 Å². The normalized spacial score (nSPS) is 15.5. The molecule has 0 aliphatic carbocycles. The van der Waals surface area contributed by atoms with Crippen molar-refractivity contribution in [1.82, 2.24) is 10.6 Å². The molecule has 2 N–H and O–H groups in total. The van der Waals surface area contributed by atoms with Crippen LogP contribution in [0.25, 0.3) is 0 Å². The molecule has 1 unspecified atom stereocenters. The zero-order chi connectivity index (χ0) is 21.3. The molecule has 0 aromatic heterocycles. The second kappa shape index (κ2) is 10.6. The molecule has 0 radical (unpaired) electrons. The van der Waals surface area contributed by atoms with Crippen molar-refractivity contribution in [2.75, 3.05) is 26.9 Å². The van der Waals surface area contributed by atoms with Crippen LogP contribution in [0, 0.1) is 6.92 Å². The average molecular weight is 412 g/mol. The maximum absolute atomic E-state index is 12.2. The van der Waals surface area contributed by atoms with Crippen molar-refractivity contribution in [3.63, 3.8) is 0 Å². The van der Waals surface area contributed by atoms with Crippen LogP contribution in [0.1, 0.15) is 34.3 Å². The smallest absolute Gasteiger partial charge is 0.251 e. The third-order valence-electron chi connectivity index (χ3n) is 4.97. The van der Waals surface area contributed by atoms with Crippen LogP contribution < -0.4 is 20.1 Å². The van der Waals surface area contributed by atoms with Crippen molar-refractivity contribution in [2.24, 2.45) is 0 Å². The number of ether oxygens (including phenoxy) is 3. The summed E-state index contributed by atoms with van der Waals surface area (Å²) in [6, 6.07) is 12.8. The first-order chi connectivity index (χ1) is 14.6. The summed E-state index contributed by atoms with van der Waals surface area (Å²) in [6.07, 6.45) is 2.20. The minimum Gasteiger partial charge on any atom is -0.493 e. The van der Waals surface area contributed by atoms with E-state index in [9.17, 15) is 9.59 Å². The minimum absolute atomic E-state index is 0.0904. The maximum atomic E-state index is 12.2. The molecule has 7 nitrogen and oxygen atoms in total. The molecule has 30 heavy (non-hydrogen) atoms. The van der Waals surface area contributed by atoms with Crippen LogP contribution in [-0.2, 0) is 16.1 Å². The fourth-order valence-corrected chi connectivity index (χ4v) is 3.25. The van der Waals surface area contributed by atoms with Crippen LogP contribution in [0.4, 0.5) is 0 Å². The van der Waals surface area contributed by atoms with Crippen LogP contribution in [0.5, 0.6) is 11.5 Å². The number of methoxy groups -OCH3 is 1. The number of hydrogen-bond acceptors (Lipinski definition) is 5. The number of carbonyl (C=O) groups is 2. The average Bonchev–Trinajstić information content (AvgIpc) is 3.28. The van der Waals surface area contributed by atoms with Gasteiger partial charge in [-0.05, 0) is 49.1 Å². The molecule has 1 aliphatic heterocycles. The highest BCUT2D eigenvalue weighted by Gasteiger charge is 2.17. The van der Waals surface area contributed by atoms with Gasteiger partial charge < -0.3 is 24.8 Å². The molecule has 3 rings (SSSR count). The molecule has 1 fully saturated rings. The van der Waals surface area contributed by atoms with E-state index in [1.165, 1.54) is 0 Å². The van der Waals surface area contributed by atoms with Gasteiger partial charge in [-0.3, -0.25) is 9.59 Å². The zero-order valence-electron chi connectivity index (χ0n) is 17.4. The summed E-state index contributed by atoms with van der Waals surface area (Å²) in [5.74, 6) is 0.716. The number of rotatable bonds is 9. The Morgan fingerprint density at radius 1 is 1.13 bits per heavy atom. The van der Waals surface area contributed by atoms with E-state index in [0.717, 1.165) is 30.6 Å². The van der Waals surface area contributed by atoms with Crippen LogP contribution in [0.2, 0.25) is 0 Å². The quantitative estimate of drug-likeness (QED) is 0.661. The topological polar surface area (TPSA) is 85.9 Å². The molecule has 2 amide bonds. The Morgan fingerprint density at radius 2 is 1.97 bits per heavy atom. The van der Waals surface area contributed by atoms with Crippen molar-refractivity contribution in [3.05, 3.63) is 59.2 Å². The number of nitrogens with one attached hydrogen (secondary N) is 2. The lowest BCUT2D eigenvalue weighted by Crippen LogP contribution is -2.36. The third-order valence-corrected chi connectivity index (χ3v) is 4.97. The molecule has 1 aliphatic rings. The number of hydrogen-bond donors (Lipinski definition) is 2. The Labute approximate surface area is 176 Å². The predicted molar refractivity (Wildman–Crippen MR) is 113 cm³/mol. The van der Waals surface area contributed by atoms with E-state index in [1.54, 1.807) is 19.2 Å². The molecule has 1 atom stereocenters. The van der Waals surface area contributed by atoms with Gasteiger partial charge in [0.15, 0.2) is 11.5 Å². The highest BCUT2D eigenvalue weighted by Crippen LogP contribution is 2.29. The van der Waals surface area contributed by atoms with Gasteiger partial charge in [0, 0.05) is 18.7 Å². The Balaban J connectivity index is 1.46. The molecule has 0 bridgehead atoms. The lowest BCUT2D eigenvalue weighted by atomic mass is 10.1. The Morgan fingerprint density at radius 3 is 2.70 bits per heavy atom. The summed E-state index contributed by atoms with van der Waals surface area (Å²) in [5, 5.41) is 5.44. The van der Waals surface area contributed by atoms with E-state index in [1.807, 2.05) is 37.3 Å². The minimum atomic E-state index is -0.269. The first kappa shape index (κ1) is 21.6. The summed E-state index contributed by atoms with van der Waals surface area (Å²) in [4.78, 5) is 24.3. The van der Waals surface area contributed by atoms with Crippen molar-refractivity contribution < 1.29 is 23.8 Å². The zero-order valence-corrected chi connectivity index (χ0v) is 17.4. The second-order valence-electron chi connectivity index (χ2n) is 7.21. The largest absolute Gasteiger partial charge is 0.493 e. The van der Waals surface area contributed by atoms with Gasteiger partial charge in [-0.2, -0.15) is 0 Å². The fourth-order valence-electron chi connectivity index (χ4n) is 3.25. The summed E-state index contributed by atoms with van der Waals surface area (Å²) in [7, 11) is 1.58. The number of amides is 2. The monoisotopic (exact) mass is 412 g/mol. The van der Waals surface area contributed by atoms with Crippen LogP contribution in [0.15, 0.2) is 42.5 Å². The van der Waals surface area contributed by atoms with Gasteiger partial charge in [-0.1, -0.05) is 24.3 Å². The highest BCUT2D eigenvalue weighted by atomic mass is 16.5. The molecule has 1 heterocycles. The lowest BCUT2D eigenvalue weighted by molar-refractivity contribution is -0.120. The van der Waals surface area contributed by atoms with Gasteiger partial charge in [-0.25, -0.2) is 0 Å². The van der Waals surface area contributed by atoms with Crippen LogP contribution in [-0.4, -0.2) is 44.8 Å². The Kier molecular flexibility index (Phi) is 7.68. The van der Waals surface area contributed by atoms with Crippen molar-refractivity contribution in [1.29, 1.82) is 0 Å². The summed E-state index contributed by atoms with van der Waals surface area (Å²) >= 11 is 0. The van der Waals surface area contributed by atoms with Crippen molar-refractivity contribution in [3.8, 4) is 11.5 Å². The van der Waals surface area contributed by atoms with E-state index in [0.29, 0.717) is 30.2 Å². The fraction of sp³-hybridized carbons (Fsp3) is 0.391. The molecule has 2 aromatic rings. The molecule has 0 spiro atoms. The van der Waals surface area contributed by atoms with Gasteiger partial charge in [0.2, 0.25) is 5.91 Å². The summed E-state index contributed by atoms with van der Waals surface area (Å²) in [5.41, 5.74) is 2.30. The molecule has 7 heteroatoms.